The van der Waals surface area contributed by atoms with Crippen molar-refractivity contribution in [2.45, 2.75) is 38.5 Å². The van der Waals surface area contributed by atoms with Gasteiger partial charge in [-0.3, -0.25) is 9.69 Å². The van der Waals surface area contributed by atoms with Gasteiger partial charge in [-0.25, -0.2) is 4.98 Å². The Hall–Kier alpha value is -3.54. The van der Waals surface area contributed by atoms with Crippen LogP contribution in [-0.4, -0.2) is 75.1 Å². The summed E-state index contributed by atoms with van der Waals surface area (Å²) < 4.78 is 7.72. The number of methoxy groups -OCH3 is 1. The molecule has 43 heavy (non-hydrogen) atoms. The van der Waals surface area contributed by atoms with Gasteiger partial charge in [0, 0.05) is 73.0 Å². The van der Waals surface area contributed by atoms with Crippen molar-refractivity contribution < 1.29 is 14.6 Å². The van der Waals surface area contributed by atoms with E-state index in [-0.39, 0.29) is 18.6 Å². The molecule has 12 heteroatoms. The van der Waals surface area contributed by atoms with Crippen LogP contribution in [0.3, 0.4) is 0 Å². The molecule has 10 nitrogen and oxygen atoms in total. The second-order valence-electron chi connectivity index (χ2n) is 10.7. The van der Waals surface area contributed by atoms with Gasteiger partial charge in [0.25, 0.3) is 0 Å². The second kappa shape index (κ2) is 13.0. The summed E-state index contributed by atoms with van der Waals surface area (Å²) in [4.78, 5) is 18.4. The third-order valence-corrected chi connectivity index (χ3v) is 8.79. The molecule has 6 rings (SSSR count). The molecule has 0 saturated carbocycles. The number of aromatic nitrogens is 4. The SMILES string of the molecule is COc1nc(-c2cccc(-c3cccc(-c4nnc5n4CCN(CCO)C5)c3Cl)c2Cl)ccc1CNC[C@H]1CCC(=O)N1. The molecule has 4 aromatic rings. The summed E-state index contributed by atoms with van der Waals surface area (Å²) in [6.07, 6.45) is 1.42. The van der Waals surface area contributed by atoms with Crippen LogP contribution in [0.15, 0.2) is 48.5 Å². The monoisotopic (exact) mass is 621 g/mol. The second-order valence-corrected chi connectivity index (χ2v) is 11.5. The fraction of sp³-hybridized carbons (Fsp3) is 0.355. The molecule has 2 aromatic heterocycles. The highest BCUT2D eigenvalue weighted by Crippen LogP contribution is 2.42. The Balaban J connectivity index is 1.26. The number of aliphatic hydroxyl groups excluding tert-OH is 1. The van der Waals surface area contributed by atoms with Crippen molar-refractivity contribution in [3.05, 3.63) is 70.0 Å². The highest BCUT2D eigenvalue weighted by atomic mass is 35.5. The third-order valence-electron chi connectivity index (χ3n) is 7.98. The molecule has 0 radical (unpaired) electrons. The van der Waals surface area contributed by atoms with Crippen LogP contribution in [0.2, 0.25) is 10.0 Å². The molecule has 0 unspecified atom stereocenters. The molecule has 4 heterocycles. The summed E-state index contributed by atoms with van der Waals surface area (Å²) in [5, 5.41) is 25.6. The van der Waals surface area contributed by atoms with Gasteiger partial charge < -0.3 is 25.0 Å². The number of hydrogen-bond acceptors (Lipinski definition) is 8. The standard InChI is InChI=1S/C31H33Cl2N7O3/c1-43-31-19(16-34-17-20-9-11-27(42)35-20)8-10-25(36-31)23-6-2-4-21(28(23)32)22-5-3-7-24(29(22)33)30-38-37-26-18-39(14-15-41)12-13-40(26)30/h2-8,10,20,34,41H,9,11-18H2,1H3,(H,35,42)/t20-/m1/s1. The first-order chi connectivity index (χ1) is 21.0. The van der Waals surface area contributed by atoms with E-state index in [1.165, 1.54) is 0 Å². The Morgan fingerprint density at radius 1 is 1.02 bits per heavy atom. The van der Waals surface area contributed by atoms with Crippen molar-refractivity contribution >= 4 is 29.1 Å². The lowest BCUT2D eigenvalue weighted by molar-refractivity contribution is -0.119. The van der Waals surface area contributed by atoms with Gasteiger partial charge in [0.2, 0.25) is 11.8 Å². The van der Waals surface area contributed by atoms with Gasteiger partial charge in [-0.15, -0.1) is 10.2 Å². The van der Waals surface area contributed by atoms with Crippen LogP contribution in [0.25, 0.3) is 33.8 Å². The zero-order valence-corrected chi connectivity index (χ0v) is 25.3. The molecule has 1 amide bonds. The third kappa shape index (κ3) is 6.11. The smallest absolute Gasteiger partial charge is 0.220 e. The number of pyridine rings is 1. The maximum atomic E-state index is 11.5. The number of benzene rings is 2. The minimum atomic E-state index is 0.103. The van der Waals surface area contributed by atoms with E-state index in [0.717, 1.165) is 46.6 Å². The number of carbonyl (C=O) groups excluding carboxylic acids is 1. The number of amides is 1. The summed E-state index contributed by atoms with van der Waals surface area (Å²) >= 11 is 14.1. The average molecular weight is 623 g/mol. The van der Waals surface area contributed by atoms with Gasteiger partial charge in [0.1, 0.15) is 5.82 Å². The predicted molar refractivity (Wildman–Crippen MR) is 166 cm³/mol. The molecule has 1 atom stereocenters. The number of halogens is 2. The van der Waals surface area contributed by atoms with Crippen LogP contribution in [0.5, 0.6) is 5.88 Å². The van der Waals surface area contributed by atoms with E-state index in [1.54, 1.807) is 7.11 Å². The lowest BCUT2D eigenvalue weighted by atomic mass is 9.98. The number of nitrogens with zero attached hydrogens (tertiary/aromatic N) is 5. The number of aliphatic hydroxyl groups is 1. The van der Waals surface area contributed by atoms with E-state index >= 15 is 0 Å². The number of β-amino-alcohol motifs (C(OH)–C–C–N with tert-alkyl or cyclic N) is 1. The summed E-state index contributed by atoms with van der Waals surface area (Å²) in [7, 11) is 1.60. The van der Waals surface area contributed by atoms with Gasteiger partial charge in [-0.1, -0.05) is 59.6 Å². The van der Waals surface area contributed by atoms with Crippen molar-refractivity contribution in [3.8, 4) is 39.7 Å². The van der Waals surface area contributed by atoms with Crippen LogP contribution in [-0.2, 0) is 24.4 Å². The minimum Gasteiger partial charge on any atom is -0.481 e. The summed E-state index contributed by atoms with van der Waals surface area (Å²) in [5.41, 5.74) is 4.70. The molecule has 2 aliphatic rings. The van der Waals surface area contributed by atoms with Crippen molar-refractivity contribution in [1.29, 1.82) is 0 Å². The summed E-state index contributed by atoms with van der Waals surface area (Å²) in [5.74, 6) is 2.17. The lowest BCUT2D eigenvalue weighted by Gasteiger charge is -2.27. The average Bonchev–Trinajstić information content (AvgIpc) is 3.63. The molecule has 1 fully saturated rings. The van der Waals surface area contributed by atoms with Gasteiger partial charge in [0.05, 0.1) is 36.0 Å². The number of rotatable bonds is 10. The van der Waals surface area contributed by atoms with Gasteiger partial charge >= 0.3 is 0 Å². The van der Waals surface area contributed by atoms with Crippen molar-refractivity contribution in [1.82, 2.24) is 35.3 Å². The van der Waals surface area contributed by atoms with E-state index in [0.29, 0.717) is 66.6 Å². The quantitative estimate of drug-likeness (QED) is 0.242. The largest absolute Gasteiger partial charge is 0.481 e. The van der Waals surface area contributed by atoms with Crippen molar-refractivity contribution in [2.75, 3.05) is 33.4 Å². The Labute approximate surface area is 260 Å². The summed E-state index contributed by atoms with van der Waals surface area (Å²) in [6.45, 7) is 4.10. The Morgan fingerprint density at radius 3 is 2.49 bits per heavy atom. The zero-order chi connectivity index (χ0) is 29.9. The number of ether oxygens (including phenoxy) is 1. The highest BCUT2D eigenvalue weighted by molar-refractivity contribution is 6.39. The minimum absolute atomic E-state index is 0.103. The van der Waals surface area contributed by atoms with Gasteiger partial charge in [-0.2, -0.15) is 0 Å². The summed E-state index contributed by atoms with van der Waals surface area (Å²) in [6, 6.07) is 15.7. The molecule has 0 aliphatic carbocycles. The lowest BCUT2D eigenvalue weighted by Crippen LogP contribution is -2.35. The number of hydrogen-bond donors (Lipinski definition) is 3. The molecule has 0 bridgehead atoms. The predicted octanol–water partition coefficient (Wildman–Crippen LogP) is 4.17. The molecule has 2 aromatic carbocycles. The van der Waals surface area contributed by atoms with Gasteiger partial charge in [-0.05, 0) is 18.6 Å². The Kier molecular flexibility index (Phi) is 8.92. The molecule has 1 saturated heterocycles. The van der Waals surface area contributed by atoms with E-state index < -0.39 is 0 Å². The van der Waals surface area contributed by atoms with Crippen molar-refractivity contribution in [2.24, 2.45) is 0 Å². The molecule has 0 spiro atoms. The topological polar surface area (TPSA) is 117 Å². The first-order valence-corrected chi connectivity index (χ1v) is 15.1. The maximum absolute atomic E-state index is 11.5. The molecule has 2 aliphatic heterocycles. The Morgan fingerprint density at radius 2 is 1.77 bits per heavy atom. The van der Waals surface area contributed by atoms with Crippen LogP contribution in [0, 0.1) is 0 Å². The number of carbonyl (C=O) groups is 1. The normalized spacial score (nSPS) is 16.7. The molecule has 224 valence electrons. The van der Waals surface area contributed by atoms with E-state index in [2.05, 4.69) is 30.3 Å². The van der Waals surface area contributed by atoms with Gasteiger partial charge in [0.15, 0.2) is 5.82 Å². The number of nitrogens with one attached hydrogen (secondary N) is 2. The van der Waals surface area contributed by atoms with Crippen molar-refractivity contribution in [3.63, 3.8) is 0 Å². The fourth-order valence-corrected chi connectivity index (χ4v) is 6.37. The van der Waals surface area contributed by atoms with Crippen LogP contribution >= 0.6 is 23.2 Å². The maximum Gasteiger partial charge on any atom is 0.220 e. The Bertz CT molecular complexity index is 1640. The van der Waals surface area contributed by atoms with Crippen LogP contribution in [0.4, 0.5) is 0 Å². The van der Waals surface area contributed by atoms with Crippen LogP contribution < -0.4 is 15.4 Å². The molecule has 3 N–H and O–H groups in total. The first-order valence-electron chi connectivity index (χ1n) is 14.3. The highest BCUT2D eigenvalue weighted by Gasteiger charge is 2.24. The van der Waals surface area contributed by atoms with Crippen LogP contribution in [0.1, 0.15) is 24.2 Å². The fourth-order valence-electron chi connectivity index (χ4n) is 5.73. The number of fused-ring (bicyclic) bond motifs is 1. The molecular formula is C31H33Cl2N7O3. The molecular weight excluding hydrogens is 589 g/mol. The van der Waals surface area contributed by atoms with E-state index in [9.17, 15) is 9.90 Å². The zero-order valence-electron chi connectivity index (χ0n) is 23.8. The first kappa shape index (κ1) is 29.5. The van der Waals surface area contributed by atoms with E-state index in [4.69, 9.17) is 32.9 Å². The van der Waals surface area contributed by atoms with E-state index in [1.807, 2.05) is 48.5 Å².